The number of amidine groups is 2. The minimum Gasteiger partial charge on any atom is -0.492 e. The lowest BCUT2D eigenvalue weighted by Gasteiger charge is -2.20. The van der Waals surface area contributed by atoms with Gasteiger partial charge in [-0.05, 0) is 68.3 Å². The van der Waals surface area contributed by atoms with Gasteiger partial charge in [0.1, 0.15) is 17.4 Å². The first kappa shape index (κ1) is 23.1. The SMILES string of the molecule is CCCC1=NN2C(=N)C(=Cc3c(C)n(CCOc4cccc(C)c4)c4ccccc34)C(=O)N=C2S1. The van der Waals surface area contributed by atoms with E-state index in [1.807, 2.05) is 56.3 Å². The molecule has 35 heavy (non-hydrogen) atoms. The Hall–Kier alpha value is -3.65. The molecule has 0 spiro atoms. The van der Waals surface area contributed by atoms with Crippen LogP contribution in [0, 0.1) is 19.3 Å². The lowest BCUT2D eigenvalue weighted by Crippen LogP contribution is -2.35. The number of rotatable bonds is 7. The number of hydrogen-bond donors (Lipinski definition) is 1. The second kappa shape index (κ2) is 9.54. The smallest absolute Gasteiger partial charge is 0.283 e. The van der Waals surface area contributed by atoms with Gasteiger partial charge in [-0.3, -0.25) is 10.2 Å². The number of ether oxygens (including phenoxy) is 1. The van der Waals surface area contributed by atoms with Crippen molar-refractivity contribution in [2.24, 2.45) is 10.1 Å². The molecular formula is C27H27N5O2S. The van der Waals surface area contributed by atoms with Crippen LogP contribution in [-0.4, -0.2) is 38.1 Å². The Morgan fingerprint density at radius 2 is 1.97 bits per heavy atom. The van der Waals surface area contributed by atoms with Crippen LogP contribution in [0.3, 0.4) is 0 Å². The van der Waals surface area contributed by atoms with Gasteiger partial charge in [0.25, 0.3) is 5.91 Å². The molecule has 0 unspecified atom stereocenters. The van der Waals surface area contributed by atoms with E-state index < -0.39 is 5.91 Å². The topological polar surface area (TPSA) is 83.0 Å². The standard InChI is InChI=1S/C27H27N5O2S/c1-4-8-24-30-32-25(28)22(26(33)29-27(32)35-24)16-21-18(3)31(23-12-6-5-11-20(21)23)13-14-34-19-10-7-9-17(2)15-19/h5-7,9-12,15-16,28H,4,8,13-14H2,1-3H3. The maximum atomic E-state index is 12.9. The summed E-state index contributed by atoms with van der Waals surface area (Å²) in [6, 6.07) is 16.1. The molecular weight excluding hydrogens is 458 g/mol. The van der Waals surface area contributed by atoms with Crippen molar-refractivity contribution in [3.8, 4) is 5.75 Å². The van der Waals surface area contributed by atoms with Crippen LogP contribution in [-0.2, 0) is 11.3 Å². The molecule has 3 aromatic rings. The fourth-order valence-electron chi connectivity index (χ4n) is 4.38. The summed E-state index contributed by atoms with van der Waals surface area (Å²) in [7, 11) is 0. The van der Waals surface area contributed by atoms with Crippen molar-refractivity contribution in [2.75, 3.05) is 6.61 Å². The predicted octanol–water partition coefficient (Wildman–Crippen LogP) is 5.76. The number of aliphatic imine (C=N–C) groups is 1. The number of amides is 1. The summed E-state index contributed by atoms with van der Waals surface area (Å²) in [5.74, 6) is 0.515. The molecule has 1 amide bonds. The predicted molar refractivity (Wildman–Crippen MR) is 143 cm³/mol. The highest BCUT2D eigenvalue weighted by Gasteiger charge is 2.35. The number of para-hydroxylation sites is 1. The Balaban J connectivity index is 1.47. The van der Waals surface area contributed by atoms with Crippen LogP contribution in [0.4, 0.5) is 0 Å². The molecule has 0 bridgehead atoms. The fraction of sp³-hybridized carbons (Fsp3) is 0.259. The molecule has 0 fully saturated rings. The number of carbonyl (C=O) groups is 1. The maximum absolute atomic E-state index is 12.9. The van der Waals surface area contributed by atoms with Gasteiger partial charge in [0.05, 0.1) is 12.1 Å². The third kappa shape index (κ3) is 4.41. The van der Waals surface area contributed by atoms with E-state index in [2.05, 4.69) is 27.7 Å². The second-order valence-corrected chi connectivity index (χ2v) is 9.64. The summed E-state index contributed by atoms with van der Waals surface area (Å²) in [6.07, 6.45) is 3.54. The summed E-state index contributed by atoms with van der Waals surface area (Å²) in [5, 5.41) is 17.1. The number of nitrogens with one attached hydrogen (secondary N) is 1. The summed E-state index contributed by atoms with van der Waals surface area (Å²) >= 11 is 1.37. The fourth-order valence-corrected chi connectivity index (χ4v) is 5.37. The van der Waals surface area contributed by atoms with E-state index in [-0.39, 0.29) is 11.4 Å². The van der Waals surface area contributed by atoms with E-state index in [9.17, 15) is 4.79 Å². The van der Waals surface area contributed by atoms with Crippen molar-refractivity contribution in [3.05, 3.63) is 70.9 Å². The van der Waals surface area contributed by atoms with Gasteiger partial charge < -0.3 is 9.30 Å². The number of benzene rings is 2. The van der Waals surface area contributed by atoms with Crippen molar-refractivity contribution in [1.29, 1.82) is 5.41 Å². The lowest BCUT2D eigenvalue weighted by molar-refractivity contribution is -0.114. The number of nitrogens with zero attached hydrogens (tertiary/aromatic N) is 4. The van der Waals surface area contributed by atoms with E-state index >= 15 is 0 Å². The van der Waals surface area contributed by atoms with Gasteiger partial charge in [-0.15, -0.1) is 0 Å². The van der Waals surface area contributed by atoms with E-state index in [1.165, 1.54) is 16.8 Å². The van der Waals surface area contributed by atoms with Gasteiger partial charge in [0.15, 0.2) is 5.84 Å². The molecule has 0 saturated heterocycles. The molecule has 2 aliphatic rings. The van der Waals surface area contributed by atoms with Crippen LogP contribution in [0.1, 0.15) is 36.6 Å². The van der Waals surface area contributed by atoms with Crippen LogP contribution in [0.2, 0.25) is 0 Å². The van der Waals surface area contributed by atoms with Crippen molar-refractivity contribution in [1.82, 2.24) is 9.58 Å². The van der Waals surface area contributed by atoms with Crippen LogP contribution in [0.5, 0.6) is 5.75 Å². The summed E-state index contributed by atoms with van der Waals surface area (Å²) in [5.41, 5.74) is 4.38. The zero-order chi connectivity index (χ0) is 24.5. The van der Waals surface area contributed by atoms with Crippen LogP contribution < -0.4 is 4.74 Å². The highest BCUT2D eigenvalue weighted by atomic mass is 32.2. The molecule has 0 atom stereocenters. The Kier molecular flexibility index (Phi) is 6.30. The molecule has 2 aliphatic heterocycles. The summed E-state index contributed by atoms with van der Waals surface area (Å²) < 4.78 is 8.20. The number of hydrazone groups is 1. The largest absolute Gasteiger partial charge is 0.492 e. The third-order valence-corrected chi connectivity index (χ3v) is 7.07. The Morgan fingerprint density at radius 3 is 2.77 bits per heavy atom. The van der Waals surface area contributed by atoms with Crippen LogP contribution in [0.15, 0.2) is 64.2 Å². The summed E-state index contributed by atoms with van der Waals surface area (Å²) in [6.45, 7) is 7.33. The van der Waals surface area contributed by atoms with Crippen molar-refractivity contribution in [3.63, 3.8) is 0 Å². The zero-order valence-electron chi connectivity index (χ0n) is 20.0. The Morgan fingerprint density at radius 1 is 1.14 bits per heavy atom. The van der Waals surface area contributed by atoms with E-state index in [1.54, 1.807) is 6.08 Å². The molecule has 3 heterocycles. The lowest BCUT2D eigenvalue weighted by atomic mass is 10.1. The average molecular weight is 486 g/mol. The average Bonchev–Trinajstić information content (AvgIpc) is 3.35. The first-order valence-electron chi connectivity index (χ1n) is 11.7. The highest BCUT2D eigenvalue weighted by Crippen LogP contribution is 2.32. The number of aromatic nitrogens is 1. The number of thioether (sulfide) groups is 1. The van der Waals surface area contributed by atoms with Crippen LogP contribution >= 0.6 is 11.8 Å². The molecule has 2 aromatic carbocycles. The van der Waals surface area contributed by atoms with Crippen LogP contribution in [0.25, 0.3) is 17.0 Å². The minimum atomic E-state index is -0.402. The van der Waals surface area contributed by atoms with Gasteiger partial charge >= 0.3 is 0 Å². The Labute approximate surface area is 208 Å². The number of fused-ring (bicyclic) bond motifs is 2. The summed E-state index contributed by atoms with van der Waals surface area (Å²) in [4.78, 5) is 17.1. The maximum Gasteiger partial charge on any atom is 0.283 e. The molecule has 5 rings (SSSR count). The molecule has 1 aromatic heterocycles. The van der Waals surface area contributed by atoms with Crippen molar-refractivity contribution < 1.29 is 9.53 Å². The molecule has 7 nitrogen and oxygen atoms in total. The van der Waals surface area contributed by atoms with Gasteiger partial charge in [-0.2, -0.15) is 15.1 Å². The van der Waals surface area contributed by atoms with Gasteiger partial charge in [-0.1, -0.05) is 37.3 Å². The van der Waals surface area contributed by atoms with E-state index in [4.69, 9.17) is 10.1 Å². The zero-order valence-corrected chi connectivity index (χ0v) is 20.9. The normalized spacial score (nSPS) is 16.7. The van der Waals surface area contributed by atoms with Gasteiger partial charge in [-0.25, -0.2) is 0 Å². The highest BCUT2D eigenvalue weighted by molar-refractivity contribution is 8.26. The van der Waals surface area contributed by atoms with Crippen molar-refractivity contribution in [2.45, 2.75) is 40.2 Å². The van der Waals surface area contributed by atoms with E-state index in [0.717, 1.165) is 51.4 Å². The van der Waals surface area contributed by atoms with Gasteiger partial charge in [0.2, 0.25) is 5.17 Å². The van der Waals surface area contributed by atoms with Gasteiger partial charge in [0, 0.05) is 22.2 Å². The van der Waals surface area contributed by atoms with E-state index in [0.29, 0.717) is 18.3 Å². The number of hydrogen-bond acceptors (Lipinski definition) is 5. The third-order valence-electron chi connectivity index (χ3n) is 6.10. The molecule has 1 N–H and O–H groups in total. The first-order chi connectivity index (χ1) is 17.0. The molecule has 0 saturated carbocycles. The van der Waals surface area contributed by atoms with Crippen molar-refractivity contribution >= 4 is 50.7 Å². The molecule has 0 radical (unpaired) electrons. The monoisotopic (exact) mass is 485 g/mol. The number of carbonyl (C=O) groups excluding carboxylic acids is 1. The molecule has 178 valence electrons. The second-order valence-electron chi connectivity index (χ2n) is 8.60. The Bertz CT molecular complexity index is 1430. The molecule has 0 aliphatic carbocycles. The number of aryl methyl sites for hydroxylation is 1. The quantitative estimate of drug-likeness (QED) is 0.432. The minimum absolute atomic E-state index is 0.0672. The first-order valence-corrected chi connectivity index (χ1v) is 12.5. The molecule has 8 heteroatoms.